The molecule has 0 amide bonds. The minimum atomic E-state index is -3.94. The average molecular weight is 465 g/mol. The number of phosphoric ester groups is 1. The molecule has 32 heavy (non-hydrogen) atoms. The van der Waals surface area contributed by atoms with E-state index in [0.29, 0.717) is 6.42 Å². The van der Waals surface area contributed by atoms with Gasteiger partial charge in [-0.1, -0.05) is 79.8 Å². The highest BCUT2D eigenvalue weighted by Gasteiger charge is 2.35. The lowest BCUT2D eigenvalue weighted by Gasteiger charge is -2.08. The third kappa shape index (κ3) is 16.7. The van der Waals surface area contributed by atoms with Crippen LogP contribution in [-0.2, 0) is 23.1 Å². The standard InChI is InChI=1S/C25H37O6P/c1-2-3-4-5-6-7-8-9-10-11-12-13-14-15-16-17-18-19-20-21-25(26)29-22-24-23-30-32(27,28)31-24/h3-4,6-7,9-10,12-13,15-16,18-19,24H,2,5,8,11,14,17,20-23H2,1H3,(H,27,28). The van der Waals surface area contributed by atoms with Crippen molar-refractivity contribution in [1.82, 2.24) is 0 Å². The van der Waals surface area contributed by atoms with Gasteiger partial charge in [-0.2, -0.15) is 0 Å². The second-order valence-corrected chi connectivity index (χ2v) is 8.53. The van der Waals surface area contributed by atoms with Crippen LogP contribution in [0.4, 0.5) is 0 Å². The van der Waals surface area contributed by atoms with Crippen LogP contribution in [-0.4, -0.2) is 30.2 Å². The Morgan fingerprint density at radius 1 is 0.875 bits per heavy atom. The fraction of sp³-hybridized carbons (Fsp3) is 0.480. The molecule has 178 valence electrons. The molecular weight excluding hydrogens is 427 g/mol. The van der Waals surface area contributed by atoms with E-state index in [1.807, 2.05) is 12.2 Å². The second kappa shape index (κ2) is 18.6. The number of carbonyl (C=O) groups excluding carboxylic acids is 1. The number of carbonyl (C=O) groups is 1. The zero-order chi connectivity index (χ0) is 23.3. The smallest absolute Gasteiger partial charge is 0.463 e. The van der Waals surface area contributed by atoms with Crippen LogP contribution in [0.1, 0.15) is 58.3 Å². The zero-order valence-corrected chi connectivity index (χ0v) is 19.9. The van der Waals surface area contributed by atoms with Gasteiger partial charge in [0.05, 0.1) is 6.61 Å². The molecule has 7 heteroatoms. The maximum absolute atomic E-state index is 11.6. The van der Waals surface area contributed by atoms with Crippen molar-refractivity contribution in [2.45, 2.75) is 64.4 Å². The van der Waals surface area contributed by atoms with Crippen LogP contribution in [0.25, 0.3) is 0 Å². The van der Waals surface area contributed by atoms with Crippen LogP contribution in [0.2, 0.25) is 0 Å². The molecular formula is C25H37O6P. The van der Waals surface area contributed by atoms with Crippen molar-refractivity contribution in [1.29, 1.82) is 0 Å². The lowest BCUT2D eigenvalue weighted by molar-refractivity contribution is -0.145. The van der Waals surface area contributed by atoms with E-state index in [0.717, 1.165) is 38.5 Å². The van der Waals surface area contributed by atoms with Crippen molar-refractivity contribution in [3.05, 3.63) is 72.9 Å². The number of allylic oxidation sites excluding steroid dienone is 12. The number of rotatable bonds is 16. The first-order valence-electron chi connectivity index (χ1n) is 11.2. The van der Waals surface area contributed by atoms with Crippen molar-refractivity contribution >= 4 is 13.8 Å². The van der Waals surface area contributed by atoms with Crippen molar-refractivity contribution in [2.75, 3.05) is 13.2 Å². The Morgan fingerprint density at radius 2 is 1.34 bits per heavy atom. The molecule has 0 aromatic rings. The number of hydrogen-bond acceptors (Lipinski definition) is 5. The summed E-state index contributed by atoms with van der Waals surface area (Å²) in [5.41, 5.74) is 0. The summed E-state index contributed by atoms with van der Waals surface area (Å²) in [7, 11) is -3.94. The van der Waals surface area contributed by atoms with Gasteiger partial charge >= 0.3 is 13.8 Å². The monoisotopic (exact) mass is 464 g/mol. The predicted molar refractivity (Wildman–Crippen MR) is 129 cm³/mol. The van der Waals surface area contributed by atoms with Gasteiger partial charge in [-0.15, -0.1) is 0 Å². The molecule has 1 aliphatic rings. The molecule has 0 saturated carbocycles. The van der Waals surface area contributed by atoms with Crippen molar-refractivity contribution < 1.29 is 28.0 Å². The molecule has 1 saturated heterocycles. The van der Waals surface area contributed by atoms with Gasteiger partial charge in [-0.25, -0.2) is 4.57 Å². The topological polar surface area (TPSA) is 82.1 Å². The van der Waals surface area contributed by atoms with Crippen LogP contribution in [0, 0.1) is 0 Å². The maximum atomic E-state index is 11.6. The SMILES string of the molecule is CCC=CCC=CCC=CCC=CCC=CCC=CCCC(=O)OCC1COP(=O)(O)O1. The van der Waals surface area contributed by atoms with E-state index in [9.17, 15) is 9.36 Å². The summed E-state index contributed by atoms with van der Waals surface area (Å²) >= 11 is 0. The fourth-order valence-corrected chi connectivity index (χ4v) is 3.52. The van der Waals surface area contributed by atoms with Gasteiger partial charge in [-0.3, -0.25) is 13.8 Å². The molecule has 1 aliphatic heterocycles. The first-order chi connectivity index (χ1) is 15.5. The third-order valence-electron chi connectivity index (χ3n) is 4.25. The highest BCUT2D eigenvalue weighted by molar-refractivity contribution is 7.47. The average Bonchev–Trinajstić information content (AvgIpc) is 3.12. The molecule has 1 N–H and O–H groups in total. The summed E-state index contributed by atoms with van der Waals surface area (Å²) in [4.78, 5) is 20.7. The number of ether oxygens (including phenoxy) is 1. The molecule has 0 radical (unpaired) electrons. The Morgan fingerprint density at radius 3 is 1.78 bits per heavy atom. The van der Waals surface area contributed by atoms with E-state index in [1.165, 1.54) is 0 Å². The van der Waals surface area contributed by atoms with Crippen LogP contribution in [0.5, 0.6) is 0 Å². The van der Waals surface area contributed by atoms with E-state index in [4.69, 9.17) is 14.2 Å². The van der Waals surface area contributed by atoms with E-state index < -0.39 is 13.9 Å². The Bertz CT molecular complexity index is 733. The van der Waals surface area contributed by atoms with Crippen LogP contribution in [0.15, 0.2) is 72.9 Å². The van der Waals surface area contributed by atoms with E-state index in [-0.39, 0.29) is 25.6 Å². The molecule has 0 spiro atoms. The van der Waals surface area contributed by atoms with E-state index in [1.54, 1.807) is 0 Å². The molecule has 1 fully saturated rings. The Kier molecular flexibility index (Phi) is 16.3. The highest BCUT2D eigenvalue weighted by Crippen LogP contribution is 2.49. The quantitative estimate of drug-likeness (QED) is 0.159. The lowest BCUT2D eigenvalue weighted by atomic mass is 10.2. The minimum absolute atomic E-state index is 0.0474. The normalized spacial score (nSPS) is 22.1. The first-order valence-corrected chi connectivity index (χ1v) is 12.7. The van der Waals surface area contributed by atoms with Gasteiger partial charge in [0.1, 0.15) is 12.7 Å². The summed E-state index contributed by atoms with van der Waals surface area (Å²) < 4.78 is 25.4. The van der Waals surface area contributed by atoms with Crippen LogP contribution >= 0.6 is 7.82 Å². The number of esters is 1. The summed E-state index contributed by atoms with van der Waals surface area (Å²) in [6, 6.07) is 0. The Labute approximate surface area is 192 Å². The molecule has 0 aromatic heterocycles. The van der Waals surface area contributed by atoms with Crippen LogP contribution in [0.3, 0.4) is 0 Å². The van der Waals surface area contributed by atoms with Gasteiger partial charge < -0.3 is 9.63 Å². The molecule has 0 bridgehead atoms. The van der Waals surface area contributed by atoms with Gasteiger partial charge in [0, 0.05) is 6.42 Å². The zero-order valence-electron chi connectivity index (χ0n) is 19.0. The largest absolute Gasteiger partial charge is 0.472 e. The third-order valence-corrected chi connectivity index (χ3v) is 5.29. The molecule has 0 aliphatic carbocycles. The van der Waals surface area contributed by atoms with Gasteiger partial charge in [0.25, 0.3) is 0 Å². The molecule has 2 unspecified atom stereocenters. The molecule has 2 atom stereocenters. The van der Waals surface area contributed by atoms with Crippen molar-refractivity contribution in [3.8, 4) is 0 Å². The van der Waals surface area contributed by atoms with Gasteiger partial charge in [0.2, 0.25) is 0 Å². The summed E-state index contributed by atoms with van der Waals surface area (Å²) in [5.74, 6) is -0.368. The Balaban J connectivity index is 1.96. The van der Waals surface area contributed by atoms with Crippen LogP contribution < -0.4 is 0 Å². The van der Waals surface area contributed by atoms with Crippen molar-refractivity contribution in [3.63, 3.8) is 0 Å². The van der Waals surface area contributed by atoms with Gasteiger partial charge in [-0.05, 0) is 44.9 Å². The van der Waals surface area contributed by atoms with Crippen molar-refractivity contribution in [2.24, 2.45) is 0 Å². The molecule has 6 nitrogen and oxygen atoms in total. The highest BCUT2D eigenvalue weighted by atomic mass is 31.2. The first kappa shape index (κ1) is 28.1. The van der Waals surface area contributed by atoms with E-state index >= 15 is 0 Å². The number of hydrogen-bond donors (Lipinski definition) is 1. The maximum Gasteiger partial charge on any atom is 0.472 e. The predicted octanol–water partition coefficient (Wildman–Crippen LogP) is 6.52. The Hall–Kier alpha value is -1.98. The molecule has 0 aromatic carbocycles. The minimum Gasteiger partial charge on any atom is -0.463 e. The summed E-state index contributed by atoms with van der Waals surface area (Å²) in [5, 5.41) is 0. The fourth-order valence-electron chi connectivity index (χ4n) is 2.60. The lowest BCUT2D eigenvalue weighted by Crippen LogP contribution is -2.20. The number of phosphoric acid groups is 1. The van der Waals surface area contributed by atoms with E-state index in [2.05, 4.69) is 72.2 Å². The molecule has 1 rings (SSSR count). The van der Waals surface area contributed by atoms with Gasteiger partial charge in [0.15, 0.2) is 0 Å². The molecule has 1 heterocycles. The second-order valence-electron chi connectivity index (χ2n) is 7.13. The summed E-state index contributed by atoms with van der Waals surface area (Å²) in [6.07, 6.45) is 31.5. The summed E-state index contributed by atoms with van der Waals surface area (Å²) in [6.45, 7) is 2.02.